The maximum Gasteiger partial charge on any atom is 0.257 e. The van der Waals surface area contributed by atoms with Crippen LogP contribution in [0.5, 0.6) is 0 Å². The molecule has 0 bridgehead atoms. The van der Waals surface area contributed by atoms with Crippen LogP contribution in [0.4, 0.5) is 10.2 Å². The molecule has 5 nitrogen and oxygen atoms in total. The minimum atomic E-state index is -0.883. The molecule has 6 heteroatoms. The monoisotopic (exact) mass is 295 g/mol. The number of β-amino-alcohol motifs (C(OH)–C–C–N with tert-alkyl or cyclic N) is 1. The van der Waals surface area contributed by atoms with Gasteiger partial charge in [0.05, 0.1) is 17.4 Å². The number of likely N-dealkylation sites (tertiary alicyclic amines) is 1. The van der Waals surface area contributed by atoms with Crippen molar-refractivity contribution in [2.75, 3.05) is 25.0 Å². The van der Waals surface area contributed by atoms with Crippen molar-refractivity contribution in [1.82, 2.24) is 9.88 Å². The van der Waals surface area contributed by atoms with Crippen molar-refractivity contribution in [1.29, 1.82) is 0 Å². The van der Waals surface area contributed by atoms with Gasteiger partial charge in [-0.25, -0.2) is 9.37 Å². The molecule has 0 spiro atoms. The van der Waals surface area contributed by atoms with Gasteiger partial charge in [-0.2, -0.15) is 0 Å². The second-order valence-electron chi connectivity index (χ2n) is 5.80. The molecule has 0 aromatic carbocycles. The van der Waals surface area contributed by atoms with Crippen LogP contribution in [0.1, 0.15) is 43.5 Å². The van der Waals surface area contributed by atoms with Crippen LogP contribution in [0.25, 0.3) is 0 Å². The van der Waals surface area contributed by atoms with Gasteiger partial charge < -0.3 is 15.3 Å². The number of nitrogens with one attached hydrogen (secondary N) is 1. The molecule has 1 aliphatic rings. The first-order valence-corrected chi connectivity index (χ1v) is 7.34. The van der Waals surface area contributed by atoms with E-state index in [0.717, 1.165) is 19.0 Å². The molecule has 0 aliphatic carbocycles. The molecule has 116 valence electrons. The Hall–Kier alpha value is -1.69. The van der Waals surface area contributed by atoms with Gasteiger partial charge in [-0.1, -0.05) is 6.92 Å². The van der Waals surface area contributed by atoms with Gasteiger partial charge in [0.1, 0.15) is 11.6 Å². The average Bonchev–Trinajstić information content (AvgIpc) is 2.44. The van der Waals surface area contributed by atoms with Crippen LogP contribution in [-0.4, -0.2) is 46.1 Å². The smallest absolute Gasteiger partial charge is 0.257 e. The molecule has 1 atom stereocenters. The van der Waals surface area contributed by atoms with Crippen LogP contribution >= 0.6 is 0 Å². The third kappa shape index (κ3) is 3.91. The number of piperidine rings is 1. The summed E-state index contributed by atoms with van der Waals surface area (Å²) in [5, 5.41) is 13.1. The second-order valence-corrected chi connectivity index (χ2v) is 5.80. The standard InChI is InChI=1S/C15H22FN3O2/c1-3-6-17-13-12(8-11(16)9-18-13)14(20)19-7-4-5-15(2,21)10-19/h8-9,21H,3-7,10H2,1-2H3,(H,17,18). The van der Waals surface area contributed by atoms with Gasteiger partial charge in [-0.3, -0.25) is 4.79 Å². The summed E-state index contributed by atoms with van der Waals surface area (Å²) in [6.07, 6.45) is 3.38. The second kappa shape index (κ2) is 6.39. The van der Waals surface area contributed by atoms with E-state index in [2.05, 4.69) is 10.3 Å². The number of nitrogens with zero attached hydrogens (tertiary/aromatic N) is 2. The number of anilines is 1. The Morgan fingerprint density at radius 1 is 1.62 bits per heavy atom. The quantitative estimate of drug-likeness (QED) is 0.892. The number of carbonyl (C=O) groups is 1. The number of halogens is 1. The highest BCUT2D eigenvalue weighted by atomic mass is 19.1. The number of carbonyl (C=O) groups excluding carboxylic acids is 1. The summed E-state index contributed by atoms with van der Waals surface area (Å²) in [6.45, 7) is 5.21. The molecule has 1 unspecified atom stereocenters. The van der Waals surface area contributed by atoms with E-state index in [1.165, 1.54) is 6.07 Å². The van der Waals surface area contributed by atoms with E-state index < -0.39 is 11.4 Å². The Kier molecular flexibility index (Phi) is 4.77. The van der Waals surface area contributed by atoms with Gasteiger partial charge in [-0.15, -0.1) is 0 Å². The van der Waals surface area contributed by atoms with Crippen LogP contribution in [-0.2, 0) is 0 Å². The lowest BCUT2D eigenvalue weighted by Crippen LogP contribution is -2.48. The molecule has 1 aromatic heterocycles. The van der Waals surface area contributed by atoms with E-state index in [4.69, 9.17) is 0 Å². The molecule has 0 saturated carbocycles. The molecule has 2 heterocycles. The van der Waals surface area contributed by atoms with Gasteiger partial charge >= 0.3 is 0 Å². The van der Waals surface area contributed by atoms with E-state index in [1.54, 1.807) is 11.8 Å². The van der Waals surface area contributed by atoms with Crippen LogP contribution in [0, 0.1) is 5.82 Å². The molecular formula is C15H22FN3O2. The van der Waals surface area contributed by atoms with Crippen LogP contribution in [0.2, 0.25) is 0 Å². The lowest BCUT2D eigenvalue weighted by Gasteiger charge is -2.37. The highest BCUT2D eigenvalue weighted by molar-refractivity contribution is 5.98. The summed E-state index contributed by atoms with van der Waals surface area (Å²) < 4.78 is 13.4. The van der Waals surface area contributed by atoms with E-state index in [9.17, 15) is 14.3 Å². The van der Waals surface area contributed by atoms with Crippen molar-refractivity contribution < 1.29 is 14.3 Å². The lowest BCUT2D eigenvalue weighted by molar-refractivity contribution is -0.0107. The molecule has 1 amide bonds. The summed E-state index contributed by atoms with van der Waals surface area (Å²) in [6, 6.07) is 1.21. The van der Waals surface area contributed by atoms with Crippen LogP contribution in [0.15, 0.2) is 12.3 Å². The van der Waals surface area contributed by atoms with Crippen molar-refractivity contribution in [3.8, 4) is 0 Å². The summed E-state index contributed by atoms with van der Waals surface area (Å²) in [5.74, 6) is -0.432. The van der Waals surface area contributed by atoms with E-state index in [-0.39, 0.29) is 18.0 Å². The predicted molar refractivity (Wildman–Crippen MR) is 78.7 cm³/mol. The number of aliphatic hydroxyl groups is 1. The van der Waals surface area contributed by atoms with E-state index >= 15 is 0 Å². The first-order valence-electron chi connectivity index (χ1n) is 7.34. The Morgan fingerprint density at radius 2 is 2.38 bits per heavy atom. The minimum Gasteiger partial charge on any atom is -0.388 e. The van der Waals surface area contributed by atoms with Crippen LogP contribution < -0.4 is 5.32 Å². The molecule has 1 aliphatic heterocycles. The SMILES string of the molecule is CCCNc1ncc(F)cc1C(=O)N1CCCC(C)(O)C1. The van der Waals surface area contributed by atoms with Gasteiger partial charge in [-0.05, 0) is 32.3 Å². The third-order valence-electron chi connectivity index (χ3n) is 3.59. The predicted octanol–water partition coefficient (Wildman–Crippen LogP) is 2.03. The Labute approximate surface area is 124 Å². The largest absolute Gasteiger partial charge is 0.388 e. The fourth-order valence-corrected chi connectivity index (χ4v) is 2.55. The summed E-state index contributed by atoms with van der Waals surface area (Å²) in [7, 11) is 0. The Balaban J connectivity index is 2.23. The van der Waals surface area contributed by atoms with Gasteiger partial charge in [0, 0.05) is 19.6 Å². The lowest BCUT2D eigenvalue weighted by atomic mass is 9.94. The topological polar surface area (TPSA) is 65.5 Å². The Bertz CT molecular complexity index is 520. The third-order valence-corrected chi connectivity index (χ3v) is 3.59. The number of aromatic nitrogens is 1. The number of hydrogen-bond donors (Lipinski definition) is 2. The molecule has 1 fully saturated rings. The van der Waals surface area contributed by atoms with Gasteiger partial charge in [0.25, 0.3) is 5.91 Å². The zero-order chi connectivity index (χ0) is 15.5. The maximum atomic E-state index is 13.4. The van der Waals surface area contributed by atoms with Crippen LogP contribution in [0.3, 0.4) is 0 Å². The first-order chi connectivity index (χ1) is 9.93. The molecule has 0 radical (unpaired) electrons. The zero-order valence-corrected chi connectivity index (χ0v) is 12.5. The molecule has 21 heavy (non-hydrogen) atoms. The van der Waals surface area contributed by atoms with Gasteiger partial charge in [0.15, 0.2) is 0 Å². The normalized spacial score (nSPS) is 22.2. The minimum absolute atomic E-state index is 0.223. The molecular weight excluding hydrogens is 273 g/mol. The first kappa shape index (κ1) is 15.7. The van der Waals surface area contributed by atoms with E-state index in [1.807, 2.05) is 6.92 Å². The van der Waals surface area contributed by atoms with E-state index in [0.29, 0.717) is 25.3 Å². The molecule has 2 N–H and O–H groups in total. The average molecular weight is 295 g/mol. The highest BCUT2D eigenvalue weighted by Crippen LogP contribution is 2.24. The molecule has 1 saturated heterocycles. The fourth-order valence-electron chi connectivity index (χ4n) is 2.55. The maximum absolute atomic E-state index is 13.4. The fraction of sp³-hybridized carbons (Fsp3) is 0.600. The zero-order valence-electron chi connectivity index (χ0n) is 12.5. The van der Waals surface area contributed by atoms with Crippen molar-refractivity contribution in [2.24, 2.45) is 0 Å². The number of pyridine rings is 1. The van der Waals surface area contributed by atoms with Crippen molar-refractivity contribution in [2.45, 2.75) is 38.7 Å². The number of rotatable bonds is 4. The summed E-state index contributed by atoms with van der Waals surface area (Å²) >= 11 is 0. The van der Waals surface area contributed by atoms with Crippen molar-refractivity contribution in [3.63, 3.8) is 0 Å². The van der Waals surface area contributed by atoms with Gasteiger partial charge in [0.2, 0.25) is 0 Å². The number of amides is 1. The van der Waals surface area contributed by atoms with Crippen molar-refractivity contribution >= 4 is 11.7 Å². The summed E-state index contributed by atoms with van der Waals surface area (Å²) in [4.78, 5) is 18.1. The molecule has 2 rings (SSSR count). The number of hydrogen-bond acceptors (Lipinski definition) is 4. The summed E-state index contributed by atoms with van der Waals surface area (Å²) in [5.41, 5.74) is -0.660. The van der Waals surface area contributed by atoms with Crippen molar-refractivity contribution in [3.05, 3.63) is 23.6 Å². The Morgan fingerprint density at radius 3 is 3.05 bits per heavy atom. The highest BCUT2D eigenvalue weighted by Gasteiger charge is 2.32. The molecule has 1 aromatic rings.